The topological polar surface area (TPSA) is 105 Å². The smallest absolute Gasteiger partial charge is 0.382 e. The van der Waals surface area contributed by atoms with Gasteiger partial charge in [0.2, 0.25) is 0 Å². The Balaban J connectivity index is 2.27. The van der Waals surface area contributed by atoms with Gasteiger partial charge in [-0.05, 0) is 0 Å². The van der Waals surface area contributed by atoms with Crippen LogP contribution in [0.15, 0.2) is 21.9 Å². The zero-order valence-corrected chi connectivity index (χ0v) is 8.92. The molecule has 0 amide bonds. The lowest BCUT2D eigenvalue weighted by molar-refractivity contribution is -0.282. The number of aromatic amines is 1. The Labute approximate surface area is 98.3 Å². The van der Waals surface area contributed by atoms with Gasteiger partial charge >= 0.3 is 11.8 Å². The molecule has 2 heterocycles. The average Bonchev–Trinajstić information content (AvgIpc) is 2.59. The van der Waals surface area contributed by atoms with Crippen molar-refractivity contribution < 1.29 is 23.7 Å². The Hall–Kier alpha value is -1.58. The van der Waals surface area contributed by atoms with Gasteiger partial charge in [0.15, 0.2) is 6.10 Å². The van der Waals surface area contributed by atoms with Gasteiger partial charge in [-0.15, -0.1) is 0 Å². The van der Waals surface area contributed by atoms with Crippen molar-refractivity contribution in [3.8, 4) is 0 Å². The van der Waals surface area contributed by atoms with E-state index in [-0.39, 0.29) is 6.42 Å². The molecule has 7 nitrogen and oxygen atoms in total. The summed E-state index contributed by atoms with van der Waals surface area (Å²) in [5.74, 6) is 0. The summed E-state index contributed by atoms with van der Waals surface area (Å²) in [5.41, 5.74) is -1.49. The zero-order chi connectivity index (χ0) is 13.5. The molecule has 0 spiro atoms. The highest BCUT2D eigenvalue weighted by Gasteiger charge is 2.50. The van der Waals surface area contributed by atoms with E-state index < -0.39 is 35.8 Å². The Morgan fingerprint density at radius 1 is 1.50 bits per heavy atom. The summed E-state index contributed by atoms with van der Waals surface area (Å²) in [6.07, 6.45) is -8.34. The second kappa shape index (κ2) is 4.26. The molecular weight excluding hydrogens is 254 g/mol. The van der Waals surface area contributed by atoms with Gasteiger partial charge in [-0.2, -0.15) is 8.78 Å². The first kappa shape index (κ1) is 12.9. The van der Waals surface area contributed by atoms with Crippen LogP contribution >= 0.6 is 0 Å². The van der Waals surface area contributed by atoms with Crippen molar-refractivity contribution in [1.82, 2.24) is 9.55 Å². The number of hydrogen-bond acceptors (Lipinski definition) is 5. The predicted molar refractivity (Wildman–Crippen MR) is 53.0 cm³/mol. The fourth-order valence-electron chi connectivity index (χ4n) is 1.79. The number of nitrogens with zero attached hydrogens (tertiary/aromatic N) is 1. The Kier molecular flexibility index (Phi) is 3.05. The number of rotatable bonds is 2. The molecule has 0 aromatic carbocycles. The van der Waals surface area contributed by atoms with Crippen LogP contribution in [0.2, 0.25) is 0 Å². The van der Waals surface area contributed by atoms with E-state index in [1.54, 1.807) is 0 Å². The quantitative estimate of drug-likeness (QED) is 0.620. The summed E-state index contributed by atoms with van der Waals surface area (Å²) in [4.78, 5) is 24.1. The second-order valence-corrected chi connectivity index (χ2v) is 3.92. The number of aliphatic hydroxyl groups is 2. The minimum Gasteiger partial charge on any atom is -0.390 e. The summed E-state index contributed by atoms with van der Waals surface area (Å²) >= 11 is 0. The zero-order valence-electron chi connectivity index (χ0n) is 8.92. The molecule has 3 atom stereocenters. The van der Waals surface area contributed by atoms with Gasteiger partial charge in [-0.1, -0.05) is 0 Å². The SMILES string of the molecule is O=c1ccn([C@H]2C[C@H](O)[C@@H](C(O)(F)F)O2)c(=O)[nH]1. The van der Waals surface area contributed by atoms with Crippen molar-refractivity contribution in [2.45, 2.75) is 31.0 Å². The van der Waals surface area contributed by atoms with Gasteiger partial charge in [0.1, 0.15) is 6.23 Å². The normalized spacial score (nSPS) is 28.6. The van der Waals surface area contributed by atoms with Crippen molar-refractivity contribution in [1.29, 1.82) is 0 Å². The molecule has 0 radical (unpaired) electrons. The summed E-state index contributed by atoms with van der Waals surface area (Å²) in [6, 6.07) is 1.02. The average molecular weight is 264 g/mol. The van der Waals surface area contributed by atoms with Crippen LogP contribution in [0.3, 0.4) is 0 Å². The number of nitrogens with one attached hydrogen (secondary N) is 1. The van der Waals surface area contributed by atoms with Crippen LogP contribution in [0.1, 0.15) is 12.6 Å². The highest BCUT2D eigenvalue weighted by atomic mass is 19.3. The van der Waals surface area contributed by atoms with E-state index in [0.29, 0.717) is 0 Å². The first-order valence-electron chi connectivity index (χ1n) is 5.04. The number of ether oxygens (including phenoxy) is 1. The van der Waals surface area contributed by atoms with Crippen LogP contribution in [0, 0.1) is 0 Å². The first-order chi connectivity index (χ1) is 8.29. The third kappa shape index (κ3) is 2.33. The Morgan fingerprint density at radius 3 is 2.67 bits per heavy atom. The molecule has 9 heteroatoms. The molecule has 0 saturated carbocycles. The van der Waals surface area contributed by atoms with Gasteiger partial charge < -0.3 is 14.9 Å². The lowest BCUT2D eigenvalue weighted by Crippen LogP contribution is -2.40. The van der Waals surface area contributed by atoms with Crippen molar-refractivity contribution in [2.24, 2.45) is 0 Å². The molecule has 3 N–H and O–H groups in total. The molecule has 0 bridgehead atoms. The molecule has 0 aliphatic carbocycles. The molecule has 2 rings (SSSR count). The van der Waals surface area contributed by atoms with E-state index >= 15 is 0 Å². The third-order valence-electron chi connectivity index (χ3n) is 2.60. The van der Waals surface area contributed by atoms with E-state index in [0.717, 1.165) is 16.8 Å². The number of aromatic nitrogens is 2. The van der Waals surface area contributed by atoms with Crippen LogP contribution in [-0.4, -0.2) is 38.1 Å². The lowest BCUT2D eigenvalue weighted by atomic mass is 10.1. The van der Waals surface area contributed by atoms with E-state index in [9.17, 15) is 23.5 Å². The van der Waals surface area contributed by atoms with Crippen molar-refractivity contribution in [2.75, 3.05) is 0 Å². The second-order valence-electron chi connectivity index (χ2n) is 3.92. The van der Waals surface area contributed by atoms with Crippen molar-refractivity contribution in [3.05, 3.63) is 33.1 Å². The largest absolute Gasteiger partial charge is 0.390 e. The summed E-state index contributed by atoms with van der Waals surface area (Å²) < 4.78 is 30.9. The number of hydrogen-bond donors (Lipinski definition) is 3. The summed E-state index contributed by atoms with van der Waals surface area (Å²) in [5, 5.41) is 17.9. The molecule has 18 heavy (non-hydrogen) atoms. The van der Waals surface area contributed by atoms with Crippen LogP contribution in [-0.2, 0) is 4.74 Å². The van der Waals surface area contributed by atoms with Crippen molar-refractivity contribution >= 4 is 0 Å². The molecule has 1 aromatic rings. The van der Waals surface area contributed by atoms with E-state index in [4.69, 9.17) is 9.84 Å². The molecule has 1 aromatic heterocycles. The maximum atomic E-state index is 12.7. The summed E-state index contributed by atoms with van der Waals surface area (Å²) in [7, 11) is 0. The molecule has 1 aliphatic rings. The molecule has 1 saturated heterocycles. The van der Waals surface area contributed by atoms with Crippen LogP contribution < -0.4 is 11.2 Å². The Bertz CT molecular complexity index is 549. The fraction of sp³-hybridized carbons (Fsp3) is 0.556. The summed E-state index contributed by atoms with van der Waals surface area (Å²) in [6.45, 7) is 0. The number of aliphatic hydroxyl groups excluding tert-OH is 1. The number of alkyl halides is 2. The van der Waals surface area contributed by atoms with Crippen LogP contribution in [0.4, 0.5) is 8.78 Å². The van der Waals surface area contributed by atoms with Gasteiger partial charge in [0.25, 0.3) is 5.56 Å². The van der Waals surface area contributed by atoms with Crippen LogP contribution in [0.5, 0.6) is 0 Å². The molecule has 1 fully saturated rings. The highest BCUT2D eigenvalue weighted by Crippen LogP contribution is 2.34. The van der Waals surface area contributed by atoms with E-state index in [1.165, 1.54) is 0 Å². The Morgan fingerprint density at radius 2 is 2.17 bits per heavy atom. The van der Waals surface area contributed by atoms with Gasteiger partial charge in [-0.3, -0.25) is 14.3 Å². The van der Waals surface area contributed by atoms with E-state index in [1.807, 2.05) is 4.98 Å². The number of halogens is 2. The predicted octanol–water partition coefficient (Wildman–Crippen LogP) is -1.23. The lowest BCUT2D eigenvalue weighted by Gasteiger charge is -2.20. The molecule has 100 valence electrons. The standard InChI is InChI=1S/C9H10F2N2O5/c10-9(11,17)7-4(14)3-6(18-7)13-2-1-5(15)12-8(13)16/h1-2,4,6-7,14,17H,3H2,(H,12,15,16)/t4-,6+,7-/m0/s1. The van der Waals surface area contributed by atoms with Gasteiger partial charge in [0.05, 0.1) is 6.10 Å². The fourth-order valence-corrected chi connectivity index (χ4v) is 1.79. The van der Waals surface area contributed by atoms with E-state index in [2.05, 4.69) is 0 Å². The first-order valence-corrected chi connectivity index (χ1v) is 5.04. The minimum absolute atomic E-state index is 0.299. The third-order valence-corrected chi connectivity index (χ3v) is 2.60. The highest BCUT2D eigenvalue weighted by molar-refractivity contribution is 4.90. The molecule has 0 unspecified atom stereocenters. The molecular formula is C9H10F2N2O5. The maximum Gasteiger partial charge on any atom is 0.382 e. The minimum atomic E-state index is -4.21. The van der Waals surface area contributed by atoms with Gasteiger partial charge in [-0.25, -0.2) is 4.79 Å². The monoisotopic (exact) mass is 264 g/mol. The number of H-pyrrole nitrogens is 1. The van der Waals surface area contributed by atoms with Crippen LogP contribution in [0.25, 0.3) is 0 Å². The van der Waals surface area contributed by atoms with Crippen molar-refractivity contribution in [3.63, 3.8) is 0 Å². The maximum absolute atomic E-state index is 12.7. The molecule has 1 aliphatic heterocycles. The van der Waals surface area contributed by atoms with Gasteiger partial charge in [0, 0.05) is 18.7 Å².